The molecule has 5 nitrogen and oxygen atoms in total. The van der Waals surface area contributed by atoms with Crippen LogP contribution < -0.4 is 10.9 Å². The van der Waals surface area contributed by atoms with Gasteiger partial charge in [0.2, 0.25) is 0 Å². The number of para-hydroxylation sites is 1. The number of amides is 1. The Morgan fingerprint density at radius 1 is 1.15 bits per heavy atom. The first-order chi connectivity index (χ1) is 12.6. The van der Waals surface area contributed by atoms with E-state index in [-0.39, 0.29) is 17.4 Å². The van der Waals surface area contributed by atoms with Crippen LogP contribution in [0.5, 0.6) is 5.75 Å². The number of nitrogens with one attached hydrogen (secondary N) is 1. The van der Waals surface area contributed by atoms with E-state index in [1.807, 2.05) is 49.4 Å². The molecule has 0 saturated carbocycles. The zero-order valence-electron chi connectivity index (χ0n) is 14.5. The predicted octanol–water partition coefficient (Wildman–Crippen LogP) is 3.14. The SMILES string of the molecule is CC(NC(=O)c1c(O)c2cccc3c2n(c1=O)CCC3)c1ccccc1. The second kappa shape index (κ2) is 6.33. The van der Waals surface area contributed by atoms with Crippen LogP contribution >= 0.6 is 0 Å². The summed E-state index contributed by atoms with van der Waals surface area (Å²) in [7, 11) is 0. The van der Waals surface area contributed by atoms with Crippen molar-refractivity contribution in [3.63, 3.8) is 0 Å². The van der Waals surface area contributed by atoms with Crippen molar-refractivity contribution in [1.29, 1.82) is 0 Å². The lowest BCUT2D eigenvalue weighted by Gasteiger charge is -2.22. The fraction of sp³-hybridized carbons (Fsp3) is 0.238. The Hall–Kier alpha value is -3.08. The summed E-state index contributed by atoms with van der Waals surface area (Å²) in [6, 6.07) is 14.8. The molecule has 1 aromatic heterocycles. The molecule has 0 aliphatic carbocycles. The Morgan fingerprint density at radius 3 is 2.69 bits per heavy atom. The number of nitrogens with zero attached hydrogens (tertiary/aromatic N) is 1. The molecule has 2 N–H and O–H groups in total. The zero-order valence-corrected chi connectivity index (χ0v) is 14.5. The molecule has 26 heavy (non-hydrogen) atoms. The minimum Gasteiger partial charge on any atom is -0.506 e. The maximum Gasteiger partial charge on any atom is 0.267 e. The number of aromatic hydroxyl groups is 1. The monoisotopic (exact) mass is 348 g/mol. The van der Waals surface area contributed by atoms with Gasteiger partial charge < -0.3 is 15.0 Å². The van der Waals surface area contributed by atoms with Gasteiger partial charge in [-0.1, -0.05) is 42.5 Å². The van der Waals surface area contributed by atoms with E-state index in [0.717, 1.165) is 29.5 Å². The van der Waals surface area contributed by atoms with Gasteiger partial charge in [-0.2, -0.15) is 0 Å². The molecule has 0 saturated heterocycles. The van der Waals surface area contributed by atoms with Gasteiger partial charge in [0.05, 0.1) is 11.6 Å². The maximum atomic E-state index is 12.9. The molecule has 1 amide bonds. The predicted molar refractivity (Wildman–Crippen MR) is 101 cm³/mol. The summed E-state index contributed by atoms with van der Waals surface area (Å²) in [5.74, 6) is -0.784. The van der Waals surface area contributed by atoms with Crippen LogP contribution in [-0.4, -0.2) is 15.6 Å². The first-order valence-electron chi connectivity index (χ1n) is 8.81. The number of aryl methyl sites for hydroxylation is 2. The van der Waals surface area contributed by atoms with Crippen LogP contribution in [0.1, 0.15) is 40.9 Å². The smallest absolute Gasteiger partial charge is 0.267 e. The van der Waals surface area contributed by atoms with Gasteiger partial charge in [-0.25, -0.2) is 0 Å². The molecule has 2 heterocycles. The summed E-state index contributed by atoms with van der Waals surface area (Å²) in [4.78, 5) is 25.7. The van der Waals surface area contributed by atoms with E-state index >= 15 is 0 Å². The lowest BCUT2D eigenvalue weighted by atomic mass is 9.99. The Kier molecular flexibility index (Phi) is 3.99. The molecule has 5 heteroatoms. The van der Waals surface area contributed by atoms with Crippen LogP contribution in [0.4, 0.5) is 0 Å². The Morgan fingerprint density at radius 2 is 1.92 bits per heavy atom. The van der Waals surface area contributed by atoms with Crippen molar-refractivity contribution in [3.8, 4) is 5.75 Å². The number of benzene rings is 2. The fourth-order valence-electron chi connectivity index (χ4n) is 3.71. The number of hydrogen-bond acceptors (Lipinski definition) is 3. The zero-order chi connectivity index (χ0) is 18.3. The molecule has 1 aliphatic heterocycles. The van der Waals surface area contributed by atoms with Crippen molar-refractivity contribution >= 4 is 16.8 Å². The quantitative estimate of drug-likeness (QED) is 0.764. The molecular weight excluding hydrogens is 328 g/mol. The van der Waals surface area contributed by atoms with Crippen LogP contribution in [-0.2, 0) is 13.0 Å². The first-order valence-corrected chi connectivity index (χ1v) is 8.81. The summed E-state index contributed by atoms with van der Waals surface area (Å²) >= 11 is 0. The van der Waals surface area contributed by atoms with Gasteiger partial charge >= 0.3 is 0 Å². The number of carbonyl (C=O) groups is 1. The van der Waals surface area contributed by atoms with E-state index in [2.05, 4.69) is 5.32 Å². The van der Waals surface area contributed by atoms with Crippen LogP contribution in [0, 0.1) is 0 Å². The van der Waals surface area contributed by atoms with Gasteiger partial charge in [-0.15, -0.1) is 0 Å². The molecule has 1 atom stereocenters. The Balaban J connectivity index is 1.80. The third kappa shape index (κ3) is 2.56. The van der Waals surface area contributed by atoms with Crippen molar-refractivity contribution in [1.82, 2.24) is 9.88 Å². The van der Waals surface area contributed by atoms with Crippen molar-refractivity contribution in [2.75, 3.05) is 0 Å². The number of aromatic nitrogens is 1. The third-order valence-electron chi connectivity index (χ3n) is 5.04. The number of hydrogen-bond donors (Lipinski definition) is 2. The van der Waals surface area contributed by atoms with Gasteiger partial charge in [0.15, 0.2) is 0 Å². The van der Waals surface area contributed by atoms with Gasteiger partial charge in [0.1, 0.15) is 11.3 Å². The Labute approximate surface area is 150 Å². The van der Waals surface area contributed by atoms with Crippen LogP contribution in [0.15, 0.2) is 53.3 Å². The van der Waals surface area contributed by atoms with Crippen molar-refractivity contribution < 1.29 is 9.90 Å². The summed E-state index contributed by atoms with van der Waals surface area (Å²) in [5.41, 5.74) is 2.10. The summed E-state index contributed by atoms with van der Waals surface area (Å²) in [5, 5.41) is 14.1. The molecule has 4 rings (SSSR count). The maximum absolute atomic E-state index is 12.9. The molecule has 0 bridgehead atoms. The number of carbonyl (C=O) groups excluding carboxylic acids is 1. The summed E-state index contributed by atoms with van der Waals surface area (Å²) in [6.45, 7) is 2.41. The molecule has 132 valence electrons. The molecule has 3 aromatic rings. The topological polar surface area (TPSA) is 71.3 Å². The summed E-state index contributed by atoms with van der Waals surface area (Å²) < 4.78 is 1.62. The average Bonchev–Trinajstić information content (AvgIpc) is 2.66. The van der Waals surface area contributed by atoms with Gasteiger partial charge in [-0.05, 0) is 37.0 Å². The fourth-order valence-corrected chi connectivity index (χ4v) is 3.71. The van der Waals surface area contributed by atoms with Crippen LogP contribution in [0.25, 0.3) is 10.9 Å². The molecule has 0 fully saturated rings. The van der Waals surface area contributed by atoms with E-state index in [0.29, 0.717) is 11.9 Å². The van der Waals surface area contributed by atoms with E-state index in [1.54, 1.807) is 10.6 Å². The minimum atomic E-state index is -0.550. The highest BCUT2D eigenvalue weighted by Crippen LogP contribution is 2.31. The van der Waals surface area contributed by atoms with Crippen molar-refractivity contribution in [3.05, 3.63) is 75.6 Å². The van der Waals surface area contributed by atoms with Gasteiger partial charge in [0, 0.05) is 11.9 Å². The van der Waals surface area contributed by atoms with Gasteiger partial charge in [0.25, 0.3) is 11.5 Å². The third-order valence-corrected chi connectivity index (χ3v) is 5.04. The van der Waals surface area contributed by atoms with E-state index in [4.69, 9.17) is 0 Å². The van der Waals surface area contributed by atoms with E-state index in [1.165, 1.54) is 0 Å². The van der Waals surface area contributed by atoms with Crippen molar-refractivity contribution in [2.45, 2.75) is 32.4 Å². The second-order valence-corrected chi connectivity index (χ2v) is 6.70. The molecule has 1 unspecified atom stereocenters. The standard InChI is InChI=1S/C21H20N2O3/c1-13(14-7-3-2-4-8-14)22-20(25)17-19(24)16-11-5-9-15-10-6-12-23(18(15)16)21(17)26/h2-5,7-9,11,13,24H,6,10,12H2,1H3,(H,22,25). The lowest BCUT2D eigenvalue weighted by molar-refractivity contribution is 0.0935. The second-order valence-electron chi connectivity index (χ2n) is 6.70. The number of rotatable bonds is 3. The summed E-state index contributed by atoms with van der Waals surface area (Å²) in [6.07, 6.45) is 1.71. The molecular formula is C21H20N2O3. The van der Waals surface area contributed by atoms with E-state index in [9.17, 15) is 14.7 Å². The molecule has 2 aromatic carbocycles. The highest BCUT2D eigenvalue weighted by Gasteiger charge is 2.25. The average molecular weight is 348 g/mol. The Bertz CT molecular complexity index is 1050. The minimum absolute atomic E-state index is 0.181. The molecule has 0 spiro atoms. The first kappa shape index (κ1) is 16.4. The molecule has 1 aliphatic rings. The lowest BCUT2D eigenvalue weighted by Crippen LogP contribution is -2.35. The van der Waals surface area contributed by atoms with Crippen LogP contribution in [0.3, 0.4) is 0 Å². The molecule has 0 radical (unpaired) electrons. The normalized spacial score (nSPS) is 14.2. The highest BCUT2D eigenvalue weighted by molar-refractivity contribution is 6.03. The largest absolute Gasteiger partial charge is 0.506 e. The highest BCUT2D eigenvalue weighted by atomic mass is 16.3. The van der Waals surface area contributed by atoms with Crippen LogP contribution in [0.2, 0.25) is 0 Å². The van der Waals surface area contributed by atoms with Crippen molar-refractivity contribution in [2.24, 2.45) is 0 Å². The number of pyridine rings is 1. The van der Waals surface area contributed by atoms with Gasteiger partial charge in [-0.3, -0.25) is 9.59 Å². The van der Waals surface area contributed by atoms with E-state index < -0.39 is 11.5 Å².